The van der Waals surface area contributed by atoms with Crippen molar-refractivity contribution in [2.24, 2.45) is 0 Å². The molecule has 1 heterocycles. The number of hydrogen-bond donors (Lipinski definition) is 1. The van der Waals surface area contributed by atoms with Crippen LogP contribution in [-0.2, 0) is 6.54 Å². The highest BCUT2D eigenvalue weighted by Gasteiger charge is 2.13. The molecule has 0 amide bonds. The van der Waals surface area contributed by atoms with Crippen LogP contribution in [0.15, 0.2) is 18.2 Å². The van der Waals surface area contributed by atoms with Gasteiger partial charge in [0.05, 0.1) is 11.6 Å². The first-order chi connectivity index (χ1) is 7.72. The molecule has 1 N–H and O–H groups in total. The van der Waals surface area contributed by atoms with Crippen molar-refractivity contribution in [2.75, 3.05) is 0 Å². The third kappa shape index (κ3) is 1.81. The Morgan fingerprint density at radius 2 is 2.31 bits per heavy atom. The number of phenols is 1. The van der Waals surface area contributed by atoms with Gasteiger partial charge in [-0.3, -0.25) is 0 Å². The van der Waals surface area contributed by atoms with Crippen molar-refractivity contribution in [3.05, 3.63) is 23.2 Å². The van der Waals surface area contributed by atoms with E-state index < -0.39 is 0 Å². The van der Waals surface area contributed by atoms with Gasteiger partial charge in [0.2, 0.25) is 0 Å². The van der Waals surface area contributed by atoms with Gasteiger partial charge in [0.15, 0.2) is 5.82 Å². The van der Waals surface area contributed by atoms with Crippen LogP contribution in [0, 0.1) is 11.3 Å². The van der Waals surface area contributed by atoms with E-state index in [1.807, 2.05) is 6.07 Å². The SMILES string of the molecule is N#CCn1nnnc1-c1cc(Cl)ccc1O. The molecule has 0 radical (unpaired) electrons. The van der Waals surface area contributed by atoms with Crippen LogP contribution in [0.3, 0.4) is 0 Å². The fourth-order valence-corrected chi connectivity index (χ4v) is 1.43. The third-order valence-corrected chi connectivity index (χ3v) is 2.19. The second-order valence-electron chi connectivity index (χ2n) is 2.98. The molecule has 0 unspecified atom stereocenters. The molecule has 0 aliphatic carbocycles. The van der Waals surface area contributed by atoms with Crippen LogP contribution in [0.25, 0.3) is 11.4 Å². The molecule has 0 aliphatic heterocycles. The zero-order valence-corrected chi connectivity index (χ0v) is 8.76. The van der Waals surface area contributed by atoms with Crippen molar-refractivity contribution in [2.45, 2.75) is 6.54 Å². The van der Waals surface area contributed by atoms with Gasteiger partial charge < -0.3 is 5.11 Å². The standard InChI is InChI=1S/C9H6ClN5O/c10-6-1-2-8(16)7(5-6)9-12-13-14-15(9)4-3-11/h1-2,5,16H,4H2. The van der Waals surface area contributed by atoms with Crippen molar-refractivity contribution in [1.82, 2.24) is 20.2 Å². The lowest BCUT2D eigenvalue weighted by Gasteiger charge is -2.03. The summed E-state index contributed by atoms with van der Waals surface area (Å²) in [7, 11) is 0. The van der Waals surface area contributed by atoms with Crippen LogP contribution < -0.4 is 0 Å². The molecule has 1 aromatic heterocycles. The smallest absolute Gasteiger partial charge is 0.186 e. The van der Waals surface area contributed by atoms with Gasteiger partial charge in [-0.25, -0.2) is 4.68 Å². The van der Waals surface area contributed by atoms with E-state index in [1.165, 1.54) is 16.8 Å². The summed E-state index contributed by atoms with van der Waals surface area (Å²) in [5, 5.41) is 29.5. The highest BCUT2D eigenvalue weighted by molar-refractivity contribution is 6.30. The molecular weight excluding hydrogens is 230 g/mol. The van der Waals surface area contributed by atoms with Gasteiger partial charge in [0, 0.05) is 5.02 Å². The number of halogens is 1. The lowest BCUT2D eigenvalue weighted by Crippen LogP contribution is -2.01. The number of nitrogens with zero attached hydrogens (tertiary/aromatic N) is 5. The van der Waals surface area contributed by atoms with Gasteiger partial charge in [0.25, 0.3) is 0 Å². The predicted molar refractivity (Wildman–Crippen MR) is 55.5 cm³/mol. The first kappa shape index (κ1) is 10.4. The quantitative estimate of drug-likeness (QED) is 0.846. The Morgan fingerprint density at radius 3 is 3.06 bits per heavy atom. The van der Waals surface area contributed by atoms with Crippen LogP contribution in [0.4, 0.5) is 0 Å². The average Bonchev–Trinajstić information content (AvgIpc) is 2.70. The third-order valence-electron chi connectivity index (χ3n) is 1.95. The molecule has 7 heteroatoms. The molecule has 6 nitrogen and oxygen atoms in total. The van der Waals surface area contributed by atoms with E-state index in [4.69, 9.17) is 16.9 Å². The Labute approximate surface area is 95.7 Å². The Balaban J connectivity index is 2.54. The lowest BCUT2D eigenvalue weighted by atomic mass is 10.2. The molecule has 0 bridgehead atoms. The lowest BCUT2D eigenvalue weighted by molar-refractivity contribution is 0.476. The Morgan fingerprint density at radius 1 is 1.50 bits per heavy atom. The summed E-state index contributed by atoms with van der Waals surface area (Å²) in [4.78, 5) is 0. The molecule has 16 heavy (non-hydrogen) atoms. The second-order valence-corrected chi connectivity index (χ2v) is 3.42. The van der Waals surface area contributed by atoms with Crippen LogP contribution in [0.5, 0.6) is 5.75 Å². The minimum absolute atomic E-state index is 0.00822. The average molecular weight is 236 g/mol. The summed E-state index contributed by atoms with van der Waals surface area (Å²) in [5.41, 5.74) is 0.396. The fourth-order valence-electron chi connectivity index (χ4n) is 1.26. The maximum Gasteiger partial charge on any atom is 0.186 e. The summed E-state index contributed by atoms with van der Waals surface area (Å²) >= 11 is 5.81. The van der Waals surface area contributed by atoms with E-state index >= 15 is 0 Å². The van der Waals surface area contributed by atoms with Gasteiger partial charge in [-0.05, 0) is 28.6 Å². The van der Waals surface area contributed by atoms with Crippen LogP contribution >= 0.6 is 11.6 Å². The second kappa shape index (κ2) is 4.16. The van der Waals surface area contributed by atoms with Gasteiger partial charge in [-0.2, -0.15) is 5.26 Å². The van der Waals surface area contributed by atoms with Gasteiger partial charge in [-0.1, -0.05) is 11.6 Å². The molecule has 80 valence electrons. The topological polar surface area (TPSA) is 87.6 Å². The number of tetrazole rings is 1. The molecule has 0 aliphatic rings. The van der Waals surface area contributed by atoms with Crippen molar-refractivity contribution < 1.29 is 5.11 Å². The molecule has 2 aromatic rings. The molecular formula is C9H6ClN5O. The molecule has 0 spiro atoms. The largest absolute Gasteiger partial charge is 0.507 e. The normalized spacial score (nSPS) is 10.0. The van der Waals surface area contributed by atoms with Crippen LogP contribution in [0.1, 0.15) is 0 Å². The molecule has 1 aromatic carbocycles. The van der Waals surface area contributed by atoms with Crippen LogP contribution in [-0.4, -0.2) is 25.3 Å². The van der Waals surface area contributed by atoms with Crippen molar-refractivity contribution in [1.29, 1.82) is 5.26 Å². The number of hydrogen-bond acceptors (Lipinski definition) is 5. The van der Waals surface area contributed by atoms with E-state index in [0.29, 0.717) is 16.4 Å². The van der Waals surface area contributed by atoms with Gasteiger partial charge >= 0.3 is 0 Å². The molecule has 2 rings (SSSR count). The van der Waals surface area contributed by atoms with E-state index in [9.17, 15) is 5.11 Å². The minimum atomic E-state index is 0.00822. The first-order valence-corrected chi connectivity index (χ1v) is 4.72. The number of benzene rings is 1. The van der Waals surface area contributed by atoms with Gasteiger partial charge in [-0.15, -0.1) is 5.10 Å². The van der Waals surface area contributed by atoms with Crippen LogP contribution in [0.2, 0.25) is 5.02 Å². The first-order valence-electron chi connectivity index (χ1n) is 4.34. The number of rotatable bonds is 2. The Kier molecular flexibility index (Phi) is 2.70. The maximum absolute atomic E-state index is 9.65. The van der Waals surface area contributed by atoms with E-state index in [-0.39, 0.29) is 12.3 Å². The number of aromatic hydroxyl groups is 1. The fraction of sp³-hybridized carbons (Fsp3) is 0.111. The predicted octanol–water partition coefficient (Wildman–Crippen LogP) is 1.22. The van der Waals surface area contributed by atoms with Gasteiger partial charge in [0.1, 0.15) is 12.3 Å². The Hall–Kier alpha value is -2.13. The molecule has 0 fully saturated rings. The molecule has 0 saturated heterocycles. The molecule has 0 atom stereocenters. The number of phenolic OH excluding ortho intramolecular Hbond substituents is 1. The molecule has 0 saturated carbocycles. The highest BCUT2D eigenvalue weighted by atomic mass is 35.5. The number of aromatic nitrogens is 4. The van der Waals surface area contributed by atoms with E-state index in [1.54, 1.807) is 6.07 Å². The summed E-state index contributed by atoms with van der Waals surface area (Å²) in [6, 6.07) is 6.46. The summed E-state index contributed by atoms with van der Waals surface area (Å²) in [6.45, 7) is 0.00822. The highest BCUT2D eigenvalue weighted by Crippen LogP contribution is 2.29. The summed E-state index contributed by atoms with van der Waals surface area (Å²) in [6.07, 6.45) is 0. The maximum atomic E-state index is 9.65. The van der Waals surface area contributed by atoms with Crippen molar-refractivity contribution >= 4 is 11.6 Å². The monoisotopic (exact) mass is 235 g/mol. The van der Waals surface area contributed by atoms with Crippen molar-refractivity contribution in [3.63, 3.8) is 0 Å². The zero-order chi connectivity index (χ0) is 11.5. The van der Waals surface area contributed by atoms with E-state index in [0.717, 1.165) is 0 Å². The summed E-state index contributed by atoms with van der Waals surface area (Å²) < 4.78 is 1.28. The number of nitriles is 1. The zero-order valence-electron chi connectivity index (χ0n) is 8.00. The van der Waals surface area contributed by atoms with E-state index in [2.05, 4.69) is 15.5 Å². The minimum Gasteiger partial charge on any atom is -0.507 e. The Bertz CT molecular complexity index is 559. The summed E-state index contributed by atoms with van der Waals surface area (Å²) in [5.74, 6) is 0.319. The van der Waals surface area contributed by atoms with Crippen molar-refractivity contribution in [3.8, 4) is 23.2 Å².